The zero-order valence-corrected chi connectivity index (χ0v) is 19.2. The van der Waals surface area contributed by atoms with Crippen LogP contribution >= 0.6 is 0 Å². The van der Waals surface area contributed by atoms with Gasteiger partial charge in [0.05, 0.1) is 30.8 Å². The molecule has 0 radical (unpaired) electrons. The van der Waals surface area contributed by atoms with Gasteiger partial charge in [-0.05, 0) is 39.8 Å². The van der Waals surface area contributed by atoms with Gasteiger partial charge < -0.3 is 14.4 Å². The molecule has 9 nitrogen and oxygen atoms in total. The lowest BCUT2D eigenvalue weighted by Gasteiger charge is -2.33. The van der Waals surface area contributed by atoms with Crippen LogP contribution in [0.1, 0.15) is 32.8 Å². The Bertz CT molecular complexity index is 903. The number of amides is 2. The van der Waals surface area contributed by atoms with E-state index in [2.05, 4.69) is 0 Å². The monoisotopic (exact) mass is 454 g/mol. The molecular formula is C21H30N2O7S. The Morgan fingerprint density at radius 3 is 2.29 bits per heavy atom. The van der Waals surface area contributed by atoms with Crippen LogP contribution in [0.4, 0.5) is 4.79 Å². The second-order valence-electron chi connectivity index (χ2n) is 8.81. The summed E-state index contributed by atoms with van der Waals surface area (Å²) in [7, 11) is -4.04. The number of carbonyl (C=O) groups excluding carboxylic acids is 2. The number of likely N-dealkylation sites (tertiary alicyclic amines) is 1. The van der Waals surface area contributed by atoms with Crippen molar-refractivity contribution in [2.45, 2.75) is 56.8 Å². The predicted molar refractivity (Wildman–Crippen MR) is 112 cm³/mol. The summed E-state index contributed by atoms with van der Waals surface area (Å²) in [4.78, 5) is 28.8. The zero-order valence-electron chi connectivity index (χ0n) is 18.4. The summed E-state index contributed by atoms with van der Waals surface area (Å²) < 4.78 is 41.6. The molecule has 2 atom stereocenters. The Hall–Kier alpha value is -2.17. The van der Waals surface area contributed by atoms with Gasteiger partial charge in [0.1, 0.15) is 11.6 Å². The van der Waals surface area contributed by atoms with Crippen molar-refractivity contribution in [3.05, 3.63) is 29.8 Å². The third-order valence-corrected chi connectivity index (χ3v) is 6.45. The largest absolute Gasteiger partial charge is 0.444 e. The summed E-state index contributed by atoms with van der Waals surface area (Å²) in [6, 6.07) is 5.46. The van der Waals surface area contributed by atoms with E-state index in [9.17, 15) is 18.0 Å². The van der Waals surface area contributed by atoms with Gasteiger partial charge in [-0.3, -0.25) is 13.9 Å². The number of aryl methyl sites for hydroxylation is 1. The van der Waals surface area contributed by atoms with Crippen molar-refractivity contribution in [2.75, 3.05) is 32.8 Å². The quantitative estimate of drug-likeness (QED) is 0.641. The molecule has 2 unspecified atom stereocenters. The van der Waals surface area contributed by atoms with E-state index in [4.69, 9.17) is 13.7 Å². The summed E-state index contributed by atoms with van der Waals surface area (Å²) in [5.41, 5.74) is 0.170. The first-order valence-electron chi connectivity index (χ1n) is 10.3. The van der Waals surface area contributed by atoms with Crippen LogP contribution in [-0.2, 0) is 28.6 Å². The molecule has 1 aromatic carbocycles. The Labute approximate surface area is 183 Å². The van der Waals surface area contributed by atoms with E-state index in [-0.39, 0.29) is 23.8 Å². The van der Waals surface area contributed by atoms with Crippen molar-refractivity contribution >= 4 is 22.1 Å². The van der Waals surface area contributed by atoms with Gasteiger partial charge in [-0.15, -0.1) is 0 Å². The van der Waals surface area contributed by atoms with E-state index in [1.165, 1.54) is 17.0 Å². The Morgan fingerprint density at radius 1 is 1.10 bits per heavy atom. The molecule has 2 fully saturated rings. The SMILES string of the molecule is Cc1ccc(S(=O)(=O)OC2CC(C(=O)N3CCOCC3)N(C(=O)OC(C)(C)C)C2)cc1. The molecule has 1 aromatic rings. The molecule has 0 bridgehead atoms. The molecule has 0 saturated carbocycles. The molecule has 0 aromatic heterocycles. The molecule has 0 spiro atoms. The van der Waals surface area contributed by atoms with Gasteiger partial charge in [0.25, 0.3) is 10.1 Å². The molecule has 3 rings (SSSR count). The minimum Gasteiger partial charge on any atom is -0.444 e. The number of ether oxygens (including phenoxy) is 2. The molecule has 0 aliphatic carbocycles. The molecule has 10 heteroatoms. The third kappa shape index (κ3) is 5.96. The Kier molecular flexibility index (Phi) is 6.92. The van der Waals surface area contributed by atoms with Crippen molar-refractivity contribution in [2.24, 2.45) is 0 Å². The first kappa shape index (κ1) is 23.5. The van der Waals surface area contributed by atoms with E-state index >= 15 is 0 Å². The molecule has 31 heavy (non-hydrogen) atoms. The van der Waals surface area contributed by atoms with Crippen LogP contribution in [0.15, 0.2) is 29.2 Å². The number of carbonyl (C=O) groups is 2. The van der Waals surface area contributed by atoms with Crippen LogP contribution in [-0.4, -0.2) is 80.8 Å². The fourth-order valence-electron chi connectivity index (χ4n) is 3.56. The first-order valence-corrected chi connectivity index (χ1v) is 11.7. The van der Waals surface area contributed by atoms with Gasteiger partial charge >= 0.3 is 6.09 Å². The lowest BCUT2D eigenvalue weighted by Crippen LogP contribution is -2.51. The average molecular weight is 455 g/mol. The molecule has 0 N–H and O–H groups in total. The minimum atomic E-state index is -4.04. The predicted octanol–water partition coefficient (Wildman–Crippen LogP) is 1.94. The van der Waals surface area contributed by atoms with Crippen LogP contribution < -0.4 is 0 Å². The van der Waals surface area contributed by atoms with Gasteiger partial charge in [-0.2, -0.15) is 8.42 Å². The number of hydrogen-bond donors (Lipinski definition) is 0. The fourth-order valence-corrected chi connectivity index (χ4v) is 4.64. The van der Waals surface area contributed by atoms with Crippen molar-refractivity contribution < 1.29 is 31.7 Å². The highest BCUT2D eigenvalue weighted by Crippen LogP contribution is 2.28. The van der Waals surface area contributed by atoms with Crippen LogP contribution in [0.5, 0.6) is 0 Å². The number of hydrogen-bond acceptors (Lipinski definition) is 7. The topological polar surface area (TPSA) is 102 Å². The normalized spacial score (nSPS) is 22.5. The first-order chi connectivity index (χ1) is 14.5. The molecule has 172 valence electrons. The summed E-state index contributed by atoms with van der Waals surface area (Å²) in [6.07, 6.45) is -1.45. The van der Waals surface area contributed by atoms with Gasteiger partial charge in [-0.1, -0.05) is 17.7 Å². The maximum atomic E-state index is 13.1. The summed E-state index contributed by atoms with van der Waals surface area (Å²) in [5.74, 6) is -0.256. The molecule has 2 amide bonds. The fraction of sp³-hybridized carbons (Fsp3) is 0.619. The third-order valence-electron chi connectivity index (χ3n) is 5.07. The highest BCUT2D eigenvalue weighted by atomic mass is 32.2. The molecule has 2 saturated heterocycles. The number of morpholine rings is 1. The summed E-state index contributed by atoms with van der Waals surface area (Å²) in [5, 5.41) is 0. The lowest BCUT2D eigenvalue weighted by molar-refractivity contribution is -0.140. The van der Waals surface area contributed by atoms with Crippen molar-refractivity contribution in [1.29, 1.82) is 0 Å². The summed E-state index contributed by atoms with van der Waals surface area (Å²) in [6.45, 7) is 8.69. The number of rotatable bonds is 4. The highest BCUT2D eigenvalue weighted by Gasteiger charge is 2.45. The Morgan fingerprint density at radius 2 is 1.71 bits per heavy atom. The van der Waals surface area contributed by atoms with Crippen molar-refractivity contribution in [3.8, 4) is 0 Å². The van der Waals surface area contributed by atoms with Crippen LogP contribution in [0.2, 0.25) is 0 Å². The van der Waals surface area contributed by atoms with Crippen LogP contribution in [0, 0.1) is 6.92 Å². The van der Waals surface area contributed by atoms with Crippen molar-refractivity contribution in [1.82, 2.24) is 9.80 Å². The number of nitrogens with zero attached hydrogens (tertiary/aromatic N) is 2. The maximum Gasteiger partial charge on any atom is 0.411 e. The van der Waals surface area contributed by atoms with Crippen LogP contribution in [0.25, 0.3) is 0 Å². The van der Waals surface area contributed by atoms with Crippen molar-refractivity contribution in [3.63, 3.8) is 0 Å². The molecule has 2 aliphatic rings. The second kappa shape index (κ2) is 9.13. The molecule has 2 heterocycles. The lowest BCUT2D eigenvalue weighted by atomic mass is 10.1. The zero-order chi connectivity index (χ0) is 22.8. The Balaban J connectivity index is 1.78. The average Bonchev–Trinajstić information content (AvgIpc) is 3.10. The van der Waals surface area contributed by atoms with Gasteiger partial charge in [0.2, 0.25) is 5.91 Å². The van der Waals surface area contributed by atoms with Crippen LogP contribution in [0.3, 0.4) is 0 Å². The standard InChI is InChI=1S/C21H30N2O7S/c1-15-5-7-17(8-6-15)31(26,27)30-16-13-18(19(24)22-9-11-28-12-10-22)23(14-16)20(25)29-21(2,3)4/h5-8,16,18H,9-14H2,1-4H3. The maximum absolute atomic E-state index is 13.1. The van der Waals surface area contributed by atoms with Gasteiger partial charge in [0.15, 0.2) is 0 Å². The number of benzene rings is 1. The van der Waals surface area contributed by atoms with E-state index in [0.717, 1.165) is 5.56 Å². The highest BCUT2D eigenvalue weighted by molar-refractivity contribution is 7.86. The second-order valence-corrected chi connectivity index (χ2v) is 10.4. The van der Waals surface area contributed by atoms with Gasteiger partial charge in [-0.25, -0.2) is 4.79 Å². The van der Waals surface area contributed by atoms with E-state index in [1.807, 2.05) is 6.92 Å². The molecule has 2 aliphatic heterocycles. The van der Waals surface area contributed by atoms with E-state index in [0.29, 0.717) is 26.3 Å². The smallest absolute Gasteiger partial charge is 0.411 e. The molecular weight excluding hydrogens is 424 g/mol. The van der Waals surface area contributed by atoms with E-state index < -0.39 is 34.0 Å². The van der Waals surface area contributed by atoms with E-state index in [1.54, 1.807) is 37.8 Å². The van der Waals surface area contributed by atoms with Gasteiger partial charge in [0, 0.05) is 19.5 Å². The summed E-state index contributed by atoms with van der Waals surface area (Å²) >= 11 is 0. The minimum absolute atomic E-state index is 0.0323.